The molecule has 0 atom stereocenters. The minimum absolute atomic E-state index is 0.00565. The van der Waals surface area contributed by atoms with E-state index >= 15 is 0 Å². The van der Waals surface area contributed by atoms with Crippen LogP contribution in [0, 0.1) is 6.92 Å². The van der Waals surface area contributed by atoms with E-state index in [9.17, 15) is 9.59 Å². The molecule has 118 valence electrons. The Labute approximate surface area is 141 Å². The molecule has 6 heteroatoms. The molecule has 1 aromatic carbocycles. The summed E-state index contributed by atoms with van der Waals surface area (Å²) in [5.41, 5.74) is 1.35. The van der Waals surface area contributed by atoms with Gasteiger partial charge in [0.1, 0.15) is 12.2 Å². The summed E-state index contributed by atoms with van der Waals surface area (Å²) in [5, 5.41) is 3.14. The number of ether oxygens (including phenoxy) is 1. The van der Waals surface area contributed by atoms with Crippen molar-refractivity contribution < 1.29 is 13.9 Å². The van der Waals surface area contributed by atoms with E-state index in [1.54, 1.807) is 12.1 Å². The van der Waals surface area contributed by atoms with Crippen LogP contribution in [-0.2, 0) is 22.6 Å². The maximum Gasteiger partial charge on any atom is 0.336 e. The first-order valence-electron chi connectivity index (χ1n) is 6.94. The van der Waals surface area contributed by atoms with E-state index in [-0.39, 0.29) is 19.0 Å². The van der Waals surface area contributed by atoms with Crippen molar-refractivity contribution >= 4 is 39.9 Å². The molecule has 2 heterocycles. The second-order valence-corrected chi connectivity index (χ2v) is 6.54. The van der Waals surface area contributed by atoms with Gasteiger partial charge in [-0.25, -0.2) is 4.79 Å². The van der Waals surface area contributed by atoms with Crippen LogP contribution in [0.3, 0.4) is 0 Å². The average Bonchev–Trinajstić information content (AvgIpc) is 2.99. The maximum absolute atomic E-state index is 11.9. The summed E-state index contributed by atoms with van der Waals surface area (Å²) in [4.78, 5) is 24.5. The summed E-state index contributed by atoms with van der Waals surface area (Å²) in [6.45, 7) is 1.83. The highest BCUT2D eigenvalue weighted by molar-refractivity contribution is 7.10. The highest BCUT2D eigenvalue weighted by atomic mass is 35.5. The fourth-order valence-corrected chi connectivity index (χ4v) is 3.09. The quantitative estimate of drug-likeness (QED) is 0.526. The van der Waals surface area contributed by atoms with Crippen LogP contribution in [0.25, 0.3) is 11.0 Å². The third-order valence-corrected chi connectivity index (χ3v) is 4.68. The first-order chi connectivity index (χ1) is 11.0. The van der Waals surface area contributed by atoms with Gasteiger partial charge in [-0.05, 0) is 36.1 Å². The Morgan fingerprint density at radius 3 is 2.91 bits per heavy atom. The standard InChI is InChI=1S/C17H13ClO4S/c1-10-5-15-13(8-14(10)18)11(6-17(20)22-15)9-21-16(19)7-12-3-2-4-23-12/h2-6,8H,7,9H2,1H3. The summed E-state index contributed by atoms with van der Waals surface area (Å²) >= 11 is 7.63. The summed E-state index contributed by atoms with van der Waals surface area (Å²) in [6.07, 6.45) is 0.219. The SMILES string of the molecule is Cc1cc2oc(=O)cc(COC(=O)Cc3cccs3)c2cc1Cl. The third kappa shape index (κ3) is 3.63. The molecule has 0 N–H and O–H groups in total. The van der Waals surface area contributed by atoms with E-state index in [1.165, 1.54) is 17.4 Å². The molecule has 0 radical (unpaired) electrons. The summed E-state index contributed by atoms with van der Waals surface area (Å²) in [7, 11) is 0. The lowest BCUT2D eigenvalue weighted by Gasteiger charge is -2.08. The van der Waals surface area contributed by atoms with E-state index in [0.717, 1.165) is 10.4 Å². The van der Waals surface area contributed by atoms with Crippen molar-refractivity contribution in [2.24, 2.45) is 0 Å². The van der Waals surface area contributed by atoms with Crippen molar-refractivity contribution in [3.05, 3.63) is 67.2 Å². The molecule has 2 aromatic heterocycles. The number of esters is 1. The number of thiophene rings is 1. The smallest absolute Gasteiger partial charge is 0.336 e. The molecule has 0 fully saturated rings. The van der Waals surface area contributed by atoms with Crippen molar-refractivity contribution in [3.8, 4) is 0 Å². The second-order valence-electron chi connectivity index (χ2n) is 5.11. The Kier molecular flexibility index (Phi) is 4.50. The first-order valence-corrected chi connectivity index (χ1v) is 8.19. The molecule has 0 aliphatic heterocycles. The summed E-state index contributed by atoms with van der Waals surface area (Å²) in [5.74, 6) is -0.341. The zero-order chi connectivity index (χ0) is 16.4. The summed E-state index contributed by atoms with van der Waals surface area (Å²) < 4.78 is 10.5. The molecule has 0 saturated carbocycles. The second kappa shape index (κ2) is 6.56. The van der Waals surface area contributed by atoms with Gasteiger partial charge in [0, 0.05) is 26.9 Å². The number of hydrogen-bond acceptors (Lipinski definition) is 5. The average molecular weight is 349 g/mol. The molecule has 0 aliphatic rings. The normalized spacial score (nSPS) is 10.9. The van der Waals surface area contributed by atoms with Gasteiger partial charge in [-0.1, -0.05) is 17.7 Å². The van der Waals surface area contributed by atoms with Crippen LogP contribution >= 0.6 is 22.9 Å². The topological polar surface area (TPSA) is 56.5 Å². The van der Waals surface area contributed by atoms with Gasteiger partial charge in [-0.3, -0.25) is 4.79 Å². The Morgan fingerprint density at radius 1 is 1.35 bits per heavy atom. The van der Waals surface area contributed by atoms with Crippen LogP contribution in [0.4, 0.5) is 0 Å². The molecule has 3 aromatic rings. The Morgan fingerprint density at radius 2 is 2.17 bits per heavy atom. The molecule has 0 spiro atoms. The minimum Gasteiger partial charge on any atom is -0.461 e. The molecule has 0 bridgehead atoms. The Hall–Kier alpha value is -2.11. The zero-order valence-corrected chi connectivity index (χ0v) is 13.9. The summed E-state index contributed by atoms with van der Waals surface area (Å²) in [6, 6.07) is 8.51. The van der Waals surface area contributed by atoms with Crippen LogP contribution in [-0.4, -0.2) is 5.97 Å². The number of benzene rings is 1. The fourth-order valence-electron chi connectivity index (χ4n) is 2.23. The van der Waals surface area contributed by atoms with Gasteiger partial charge in [-0.15, -0.1) is 11.3 Å². The van der Waals surface area contributed by atoms with Gasteiger partial charge >= 0.3 is 11.6 Å². The van der Waals surface area contributed by atoms with Gasteiger partial charge in [0.05, 0.1) is 6.42 Å². The number of hydrogen-bond donors (Lipinski definition) is 0. The predicted molar refractivity (Wildman–Crippen MR) is 90.1 cm³/mol. The Bertz CT molecular complexity index is 912. The number of halogens is 1. The number of carbonyl (C=O) groups excluding carboxylic acids is 1. The highest BCUT2D eigenvalue weighted by Crippen LogP contribution is 2.25. The van der Waals surface area contributed by atoms with Gasteiger partial charge in [-0.2, -0.15) is 0 Å². The van der Waals surface area contributed by atoms with E-state index in [4.69, 9.17) is 20.8 Å². The Balaban J connectivity index is 1.83. The van der Waals surface area contributed by atoms with Gasteiger partial charge < -0.3 is 9.15 Å². The lowest BCUT2D eigenvalue weighted by atomic mass is 10.1. The molecule has 0 unspecified atom stereocenters. The largest absolute Gasteiger partial charge is 0.461 e. The molecule has 3 rings (SSSR count). The fraction of sp³-hybridized carbons (Fsp3) is 0.176. The van der Waals surface area contributed by atoms with E-state index in [2.05, 4.69) is 0 Å². The van der Waals surface area contributed by atoms with Crippen molar-refractivity contribution in [1.82, 2.24) is 0 Å². The van der Waals surface area contributed by atoms with E-state index < -0.39 is 5.63 Å². The zero-order valence-electron chi connectivity index (χ0n) is 12.3. The lowest BCUT2D eigenvalue weighted by Crippen LogP contribution is -2.09. The molecule has 4 nitrogen and oxygen atoms in total. The van der Waals surface area contributed by atoms with Crippen LogP contribution in [0.2, 0.25) is 5.02 Å². The van der Waals surface area contributed by atoms with Crippen molar-refractivity contribution in [2.45, 2.75) is 20.0 Å². The van der Waals surface area contributed by atoms with Crippen molar-refractivity contribution in [2.75, 3.05) is 0 Å². The van der Waals surface area contributed by atoms with Gasteiger partial charge in [0.25, 0.3) is 0 Å². The number of carbonyl (C=O) groups is 1. The third-order valence-electron chi connectivity index (χ3n) is 3.40. The molecule has 0 saturated heterocycles. The predicted octanol–water partition coefficient (Wildman–Crippen LogP) is 4.10. The molecule has 0 amide bonds. The van der Waals surface area contributed by atoms with Crippen LogP contribution in [0.5, 0.6) is 0 Å². The highest BCUT2D eigenvalue weighted by Gasteiger charge is 2.11. The molecule has 0 aliphatic carbocycles. The number of fused-ring (bicyclic) bond motifs is 1. The van der Waals surface area contributed by atoms with Gasteiger partial charge in [0.2, 0.25) is 0 Å². The van der Waals surface area contributed by atoms with E-state index in [0.29, 0.717) is 21.6 Å². The first kappa shape index (κ1) is 15.8. The molecule has 23 heavy (non-hydrogen) atoms. The van der Waals surface area contributed by atoms with Crippen molar-refractivity contribution in [3.63, 3.8) is 0 Å². The van der Waals surface area contributed by atoms with Crippen LogP contribution < -0.4 is 5.63 Å². The number of rotatable bonds is 4. The maximum atomic E-state index is 11.9. The van der Waals surface area contributed by atoms with Crippen LogP contribution in [0.15, 0.2) is 44.9 Å². The van der Waals surface area contributed by atoms with E-state index in [1.807, 2.05) is 24.4 Å². The molecular weight excluding hydrogens is 336 g/mol. The monoisotopic (exact) mass is 348 g/mol. The van der Waals surface area contributed by atoms with Crippen LogP contribution in [0.1, 0.15) is 16.0 Å². The minimum atomic E-state index is -0.483. The van der Waals surface area contributed by atoms with Gasteiger partial charge in [0.15, 0.2) is 0 Å². The lowest BCUT2D eigenvalue weighted by molar-refractivity contribution is -0.144. The number of aryl methyl sites for hydroxylation is 1. The molecular formula is C17H13ClO4S. The van der Waals surface area contributed by atoms with Crippen molar-refractivity contribution in [1.29, 1.82) is 0 Å².